The van der Waals surface area contributed by atoms with E-state index in [0.29, 0.717) is 16.6 Å². The van der Waals surface area contributed by atoms with E-state index >= 15 is 0 Å². The zero-order valence-corrected chi connectivity index (χ0v) is 10.5. The molecule has 0 fully saturated rings. The number of benzene rings is 1. The number of hydrogen-bond donors (Lipinski definition) is 2. The van der Waals surface area contributed by atoms with Gasteiger partial charge in [-0.2, -0.15) is 0 Å². The van der Waals surface area contributed by atoms with Crippen LogP contribution in [0, 0.1) is 5.41 Å². The molecule has 0 saturated heterocycles. The molecule has 15 heavy (non-hydrogen) atoms. The van der Waals surface area contributed by atoms with E-state index in [1.54, 1.807) is 12.1 Å². The maximum Gasteiger partial charge on any atom is 0.0638 e. The molecule has 0 amide bonds. The Morgan fingerprint density at radius 1 is 1.33 bits per heavy atom. The summed E-state index contributed by atoms with van der Waals surface area (Å²) in [6.45, 7) is 5.58. The van der Waals surface area contributed by atoms with Crippen molar-refractivity contribution in [3.05, 3.63) is 28.2 Å². The topological polar surface area (TPSA) is 38.0 Å². The first-order valence-corrected chi connectivity index (χ1v) is 5.59. The molecule has 0 unspecified atom stereocenters. The third-order valence-electron chi connectivity index (χ3n) is 2.24. The molecule has 0 aliphatic rings. The van der Waals surface area contributed by atoms with Gasteiger partial charge in [0.1, 0.15) is 0 Å². The fourth-order valence-corrected chi connectivity index (χ4v) is 1.40. The van der Waals surface area contributed by atoms with Crippen molar-refractivity contribution in [1.29, 1.82) is 0 Å². The van der Waals surface area contributed by atoms with Gasteiger partial charge in [0.25, 0.3) is 0 Å². The fourth-order valence-electron chi connectivity index (χ4n) is 1.04. The number of nitrogens with one attached hydrogen (secondary N) is 1. The van der Waals surface area contributed by atoms with Crippen molar-refractivity contribution in [2.24, 2.45) is 11.1 Å². The Balaban J connectivity index is 2.69. The predicted molar refractivity (Wildman–Crippen MR) is 67.8 cm³/mol. The Hall–Kier alpha value is -0.440. The molecule has 0 aromatic heterocycles. The SMILES string of the molecule is CC(C)(CN)CNc1cc(Cl)ccc1Cl. The van der Waals surface area contributed by atoms with Gasteiger partial charge in [-0.25, -0.2) is 0 Å². The maximum atomic E-state index is 6.02. The third kappa shape index (κ3) is 3.90. The van der Waals surface area contributed by atoms with Crippen LogP contribution >= 0.6 is 23.2 Å². The van der Waals surface area contributed by atoms with Gasteiger partial charge in [0.2, 0.25) is 0 Å². The van der Waals surface area contributed by atoms with Crippen LogP contribution in [0.3, 0.4) is 0 Å². The van der Waals surface area contributed by atoms with Crippen molar-refractivity contribution in [2.45, 2.75) is 13.8 Å². The highest BCUT2D eigenvalue weighted by atomic mass is 35.5. The van der Waals surface area contributed by atoms with Crippen LogP contribution in [0.5, 0.6) is 0 Å². The third-order valence-corrected chi connectivity index (χ3v) is 2.80. The highest BCUT2D eigenvalue weighted by molar-refractivity contribution is 6.35. The van der Waals surface area contributed by atoms with Crippen LogP contribution in [-0.4, -0.2) is 13.1 Å². The smallest absolute Gasteiger partial charge is 0.0638 e. The van der Waals surface area contributed by atoms with Gasteiger partial charge >= 0.3 is 0 Å². The molecule has 84 valence electrons. The lowest BCUT2D eigenvalue weighted by molar-refractivity contribution is 0.405. The highest BCUT2D eigenvalue weighted by Gasteiger charge is 2.15. The van der Waals surface area contributed by atoms with Gasteiger partial charge in [0.05, 0.1) is 10.7 Å². The molecule has 0 saturated carbocycles. The summed E-state index contributed by atoms with van der Waals surface area (Å²) in [5.74, 6) is 0. The van der Waals surface area contributed by atoms with Crippen molar-refractivity contribution in [3.63, 3.8) is 0 Å². The van der Waals surface area contributed by atoms with Crippen LogP contribution in [0.15, 0.2) is 18.2 Å². The average molecular weight is 247 g/mol. The standard InChI is InChI=1S/C11H16Cl2N2/c1-11(2,6-14)7-15-10-5-8(12)3-4-9(10)13/h3-5,15H,6-7,14H2,1-2H3. The Morgan fingerprint density at radius 2 is 2.00 bits per heavy atom. The Kier molecular flexibility index (Phi) is 4.26. The van der Waals surface area contributed by atoms with Gasteiger partial charge in [0, 0.05) is 11.6 Å². The molecule has 0 aliphatic carbocycles. The number of nitrogens with two attached hydrogens (primary N) is 1. The Morgan fingerprint density at radius 3 is 2.60 bits per heavy atom. The lowest BCUT2D eigenvalue weighted by atomic mass is 9.94. The number of anilines is 1. The first-order chi connectivity index (χ1) is 6.94. The molecular formula is C11H16Cl2N2. The molecule has 0 bridgehead atoms. The van der Waals surface area contributed by atoms with Crippen LogP contribution in [-0.2, 0) is 0 Å². The number of hydrogen-bond acceptors (Lipinski definition) is 2. The summed E-state index contributed by atoms with van der Waals surface area (Å²) < 4.78 is 0. The van der Waals surface area contributed by atoms with Crippen LogP contribution in [0.25, 0.3) is 0 Å². The molecule has 0 radical (unpaired) electrons. The Labute approximate surface area is 101 Å². The van der Waals surface area contributed by atoms with E-state index in [1.807, 2.05) is 6.07 Å². The number of halogens is 2. The predicted octanol–water partition coefficient (Wildman–Crippen LogP) is 3.39. The van der Waals surface area contributed by atoms with Crippen LogP contribution in [0.1, 0.15) is 13.8 Å². The summed E-state index contributed by atoms with van der Waals surface area (Å²) >= 11 is 11.9. The van der Waals surface area contributed by atoms with Gasteiger partial charge in [-0.3, -0.25) is 0 Å². The average Bonchev–Trinajstić information content (AvgIpc) is 2.20. The molecule has 0 atom stereocenters. The first kappa shape index (κ1) is 12.6. The number of rotatable bonds is 4. The van der Waals surface area contributed by atoms with Gasteiger partial charge in [-0.1, -0.05) is 37.0 Å². The largest absolute Gasteiger partial charge is 0.383 e. The summed E-state index contributed by atoms with van der Waals surface area (Å²) in [5.41, 5.74) is 6.54. The summed E-state index contributed by atoms with van der Waals surface area (Å²) in [6, 6.07) is 5.36. The zero-order valence-electron chi connectivity index (χ0n) is 8.98. The Bertz CT molecular complexity index is 337. The first-order valence-electron chi connectivity index (χ1n) is 4.83. The van der Waals surface area contributed by atoms with Crippen molar-refractivity contribution >= 4 is 28.9 Å². The summed E-state index contributed by atoms with van der Waals surface area (Å²) in [6.07, 6.45) is 0. The quantitative estimate of drug-likeness (QED) is 0.855. The van der Waals surface area contributed by atoms with Crippen LogP contribution in [0.2, 0.25) is 10.0 Å². The fraction of sp³-hybridized carbons (Fsp3) is 0.455. The molecule has 0 spiro atoms. The van der Waals surface area contributed by atoms with Gasteiger partial charge < -0.3 is 11.1 Å². The van der Waals surface area contributed by atoms with Crippen molar-refractivity contribution < 1.29 is 0 Å². The van der Waals surface area contributed by atoms with E-state index in [9.17, 15) is 0 Å². The molecule has 0 aliphatic heterocycles. The zero-order chi connectivity index (χ0) is 11.5. The second kappa shape index (κ2) is 5.06. The summed E-state index contributed by atoms with van der Waals surface area (Å²) in [5, 5.41) is 4.60. The normalized spacial score (nSPS) is 11.5. The van der Waals surface area contributed by atoms with Crippen molar-refractivity contribution in [3.8, 4) is 0 Å². The minimum absolute atomic E-state index is 0.0473. The van der Waals surface area contributed by atoms with Crippen molar-refractivity contribution in [2.75, 3.05) is 18.4 Å². The summed E-state index contributed by atoms with van der Waals surface area (Å²) in [4.78, 5) is 0. The van der Waals surface area contributed by atoms with E-state index in [2.05, 4.69) is 19.2 Å². The van der Waals surface area contributed by atoms with Gasteiger partial charge in [-0.15, -0.1) is 0 Å². The molecule has 4 heteroatoms. The summed E-state index contributed by atoms with van der Waals surface area (Å²) in [7, 11) is 0. The minimum Gasteiger partial charge on any atom is -0.383 e. The molecule has 1 rings (SSSR count). The van der Waals surface area contributed by atoms with E-state index in [0.717, 1.165) is 12.2 Å². The van der Waals surface area contributed by atoms with Gasteiger partial charge in [-0.05, 0) is 30.2 Å². The monoisotopic (exact) mass is 246 g/mol. The highest BCUT2D eigenvalue weighted by Crippen LogP contribution is 2.26. The van der Waals surface area contributed by atoms with E-state index in [1.165, 1.54) is 0 Å². The van der Waals surface area contributed by atoms with Crippen molar-refractivity contribution in [1.82, 2.24) is 0 Å². The van der Waals surface area contributed by atoms with Crippen LogP contribution < -0.4 is 11.1 Å². The molecule has 1 aromatic rings. The van der Waals surface area contributed by atoms with Crippen LogP contribution in [0.4, 0.5) is 5.69 Å². The van der Waals surface area contributed by atoms with E-state index in [4.69, 9.17) is 28.9 Å². The van der Waals surface area contributed by atoms with E-state index in [-0.39, 0.29) is 5.41 Å². The lowest BCUT2D eigenvalue weighted by Gasteiger charge is -2.23. The molecule has 1 aromatic carbocycles. The van der Waals surface area contributed by atoms with E-state index < -0.39 is 0 Å². The molecule has 3 N–H and O–H groups in total. The molecular weight excluding hydrogens is 231 g/mol. The minimum atomic E-state index is 0.0473. The second-order valence-electron chi connectivity index (χ2n) is 4.35. The maximum absolute atomic E-state index is 6.02. The van der Waals surface area contributed by atoms with Gasteiger partial charge in [0.15, 0.2) is 0 Å². The second-order valence-corrected chi connectivity index (χ2v) is 5.19. The lowest BCUT2D eigenvalue weighted by Crippen LogP contribution is -2.31. The molecule has 0 heterocycles. The molecule has 2 nitrogen and oxygen atoms in total.